The zero-order chi connectivity index (χ0) is 11.4. The Balaban J connectivity index is 2.21. The number of aryl methyl sites for hydroxylation is 1. The summed E-state index contributed by atoms with van der Waals surface area (Å²) < 4.78 is 10.2. The molecule has 0 spiro atoms. The van der Waals surface area contributed by atoms with Gasteiger partial charge in [0.2, 0.25) is 0 Å². The van der Waals surface area contributed by atoms with Gasteiger partial charge in [-0.05, 0) is 24.3 Å². The third-order valence-corrected chi connectivity index (χ3v) is 2.31. The van der Waals surface area contributed by atoms with E-state index < -0.39 is 0 Å². The second kappa shape index (κ2) is 4.99. The molecular formula is C11H11ClN2O2. The molecule has 0 amide bonds. The van der Waals surface area contributed by atoms with Crippen molar-refractivity contribution < 1.29 is 9.26 Å². The molecule has 0 aliphatic rings. The highest BCUT2D eigenvalue weighted by Crippen LogP contribution is 2.20. The van der Waals surface area contributed by atoms with Crippen molar-refractivity contribution in [2.24, 2.45) is 0 Å². The maximum absolute atomic E-state index is 5.59. The van der Waals surface area contributed by atoms with Gasteiger partial charge in [0, 0.05) is 17.9 Å². The van der Waals surface area contributed by atoms with E-state index in [1.54, 1.807) is 7.11 Å². The predicted molar refractivity (Wildman–Crippen MR) is 60.7 cm³/mol. The molecule has 84 valence electrons. The van der Waals surface area contributed by atoms with E-state index in [1.807, 2.05) is 24.3 Å². The van der Waals surface area contributed by atoms with Gasteiger partial charge in [-0.2, -0.15) is 4.98 Å². The van der Waals surface area contributed by atoms with E-state index in [9.17, 15) is 0 Å². The summed E-state index contributed by atoms with van der Waals surface area (Å²) >= 11 is 5.59. The SMILES string of the molecule is COc1ccc(-c2nc(CCCl)no2)cc1. The van der Waals surface area contributed by atoms with Gasteiger partial charge < -0.3 is 9.26 Å². The summed E-state index contributed by atoms with van der Waals surface area (Å²) in [5.74, 6) is 2.41. The zero-order valence-corrected chi connectivity index (χ0v) is 9.57. The molecule has 0 saturated heterocycles. The number of methoxy groups -OCH3 is 1. The molecule has 1 aromatic carbocycles. The number of nitrogens with zero attached hydrogens (tertiary/aromatic N) is 2. The highest BCUT2D eigenvalue weighted by Gasteiger charge is 2.07. The molecule has 0 N–H and O–H groups in total. The molecule has 2 rings (SSSR count). The maximum Gasteiger partial charge on any atom is 0.257 e. The molecule has 1 aromatic heterocycles. The van der Waals surface area contributed by atoms with Crippen LogP contribution in [0.1, 0.15) is 5.82 Å². The number of ether oxygens (including phenoxy) is 1. The van der Waals surface area contributed by atoms with E-state index in [1.165, 1.54) is 0 Å². The Morgan fingerprint density at radius 2 is 2.06 bits per heavy atom. The Morgan fingerprint density at radius 1 is 1.31 bits per heavy atom. The largest absolute Gasteiger partial charge is 0.497 e. The van der Waals surface area contributed by atoms with Crippen LogP contribution in [0, 0.1) is 0 Å². The minimum absolute atomic E-state index is 0.488. The minimum atomic E-state index is 0.488. The standard InChI is InChI=1S/C11H11ClN2O2/c1-15-9-4-2-8(3-5-9)11-13-10(6-7-12)14-16-11/h2-5H,6-7H2,1H3. The Labute approximate surface area is 98.2 Å². The van der Waals surface area contributed by atoms with Crippen LogP contribution in [0.4, 0.5) is 0 Å². The van der Waals surface area contributed by atoms with E-state index in [4.69, 9.17) is 20.9 Å². The highest BCUT2D eigenvalue weighted by atomic mass is 35.5. The summed E-state index contributed by atoms with van der Waals surface area (Å²) in [7, 11) is 1.63. The number of aromatic nitrogens is 2. The molecule has 1 heterocycles. The van der Waals surface area contributed by atoms with E-state index in [2.05, 4.69) is 10.1 Å². The second-order valence-electron chi connectivity index (χ2n) is 3.18. The summed E-state index contributed by atoms with van der Waals surface area (Å²) in [6.07, 6.45) is 0.612. The quantitative estimate of drug-likeness (QED) is 0.768. The lowest BCUT2D eigenvalue weighted by atomic mass is 10.2. The average Bonchev–Trinajstić information content (AvgIpc) is 2.78. The molecule has 0 aliphatic heterocycles. The molecule has 2 aromatic rings. The topological polar surface area (TPSA) is 48.2 Å². The fraction of sp³-hybridized carbons (Fsp3) is 0.273. The maximum atomic E-state index is 5.59. The van der Waals surface area contributed by atoms with Crippen molar-refractivity contribution >= 4 is 11.6 Å². The number of rotatable bonds is 4. The van der Waals surface area contributed by atoms with Crippen LogP contribution in [0.2, 0.25) is 0 Å². The first-order valence-electron chi connectivity index (χ1n) is 4.86. The number of hydrogen-bond donors (Lipinski definition) is 0. The first-order valence-corrected chi connectivity index (χ1v) is 5.40. The molecule has 0 aliphatic carbocycles. The summed E-state index contributed by atoms with van der Waals surface area (Å²) in [6.45, 7) is 0. The summed E-state index contributed by atoms with van der Waals surface area (Å²) in [5.41, 5.74) is 0.870. The van der Waals surface area contributed by atoms with Gasteiger partial charge in [0.25, 0.3) is 5.89 Å². The normalized spacial score (nSPS) is 10.4. The summed E-state index contributed by atoms with van der Waals surface area (Å²) in [5, 5.41) is 3.82. The van der Waals surface area contributed by atoms with E-state index in [0.29, 0.717) is 24.0 Å². The van der Waals surface area contributed by atoms with Crippen molar-refractivity contribution in [2.75, 3.05) is 13.0 Å². The minimum Gasteiger partial charge on any atom is -0.497 e. The Hall–Kier alpha value is -1.55. The number of halogens is 1. The lowest BCUT2D eigenvalue weighted by molar-refractivity contribution is 0.414. The van der Waals surface area contributed by atoms with Crippen molar-refractivity contribution in [3.63, 3.8) is 0 Å². The number of alkyl halides is 1. The molecule has 5 heteroatoms. The monoisotopic (exact) mass is 238 g/mol. The van der Waals surface area contributed by atoms with Crippen LogP contribution in [-0.2, 0) is 6.42 Å². The molecule has 0 radical (unpaired) electrons. The van der Waals surface area contributed by atoms with Crippen molar-refractivity contribution in [3.8, 4) is 17.2 Å². The average molecular weight is 239 g/mol. The van der Waals surface area contributed by atoms with Crippen LogP contribution in [0.15, 0.2) is 28.8 Å². The summed E-state index contributed by atoms with van der Waals surface area (Å²) in [4.78, 5) is 4.22. The lowest BCUT2D eigenvalue weighted by Gasteiger charge is -1.98. The first kappa shape index (κ1) is 11.0. The van der Waals surface area contributed by atoms with E-state index in [-0.39, 0.29) is 0 Å². The van der Waals surface area contributed by atoms with Gasteiger partial charge in [0.1, 0.15) is 5.75 Å². The third-order valence-electron chi connectivity index (χ3n) is 2.12. The van der Waals surface area contributed by atoms with Gasteiger partial charge in [-0.1, -0.05) is 5.16 Å². The van der Waals surface area contributed by atoms with Crippen LogP contribution >= 0.6 is 11.6 Å². The van der Waals surface area contributed by atoms with Crippen LogP contribution in [0.25, 0.3) is 11.5 Å². The van der Waals surface area contributed by atoms with Gasteiger partial charge in [-0.3, -0.25) is 0 Å². The Bertz CT molecular complexity index is 453. The van der Waals surface area contributed by atoms with Gasteiger partial charge in [0.05, 0.1) is 7.11 Å². The lowest BCUT2D eigenvalue weighted by Crippen LogP contribution is -1.88. The molecule has 0 saturated carbocycles. The van der Waals surface area contributed by atoms with Crippen molar-refractivity contribution in [2.45, 2.75) is 6.42 Å². The second-order valence-corrected chi connectivity index (χ2v) is 3.56. The zero-order valence-electron chi connectivity index (χ0n) is 8.81. The number of benzene rings is 1. The van der Waals surface area contributed by atoms with Gasteiger partial charge in [-0.25, -0.2) is 0 Å². The Kier molecular flexibility index (Phi) is 3.41. The van der Waals surface area contributed by atoms with E-state index in [0.717, 1.165) is 11.3 Å². The van der Waals surface area contributed by atoms with Crippen LogP contribution in [0.5, 0.6) is 5.75 Å². The fourth-order valence-electron chi connectivity index (χ4n) is 1.29. The van der Waals surface area contributed by atoms with Crippen molar-refractivity contribution in [1.82, 2.24) is 10.1 Å². The number of hydrogen-bond acceptors (Lipinski definition) is 4. The molecule has 16 heavy (non-hydrogen) atoms. The van der Waals surface area contributed by atoms with Crippen LogP contribution in [-0.4, -0.2) is 23.1 Å². The summed E-state index contributed by atoms with van der Waals surface area (Å²) in [6, 6.07) is 7.44. The van der Waals surface area contributed by atoms with E-state index >= 15 is 0 Å². The van der Waals surface area contributed by atoms with Gasteiger partial charge in [0.15, 0.2) is 5.82 Å². The molecular weight excluding hydrogens is 228 g/mol. The third kappa shape index (κ3) is 2.33. The van der Waals surface area contributed by atoms with Crippen molar-refractivity contribution in [3.05, 3.63) is 30.1 Å². The van der Waals surface area contributed by atoms with Crippen molar-refractivity contribution in [1.29, 1.82) is 0 Å². The fourth-order valence-corrected chi connectivity index (χ4v) is 1.46. The molecule has 0 fully saturated rings. The first-order chi connectivity index (χ1) is 7.83. The molecule has 4 nitrogen and oxygen atoms in total. The molecule has 0 unspecified atom stereocenters. The predicted octanol–water partition coefficient (Wildman–Crippen LogP) is 2.53. The Morgan fingerprint density at radius 3 is 2.69 bits per heavy atom. The smallest absolute Gasteiger partial charge is 0.257 e. The molecule has 0 bridgehead atoms. The highest BCUT2D eigenvalue weighted by molar-refractivity contribution is 6.17. The van der Waals surface area contributed by atoms with Gasteiger partial charge >= 0.3 is 0 Å². The van der Waals surface area contributed by atoms with Gasteiger partial charge in [-0.15, -0.1) is 11.6 Å². The van der Waals surface area contributed by atoms with Crippen LogP contribution in [0.3, 0.4) is 0 Å². The van der Waals surface area contributed by atoms with Crippen LogP contribution < -0.4 is 4.74 Å². The molecule has 0 atom stereocenters.